The molecule has 0 saturated heterocycles. The number of aromatic nitrogens is 2. The van der Waals surface area contributed by atoms with Crippen LogP contribution < -0.4 is 0 Å². The molecule has 0 atom stereocenters. The summed E-state index contributed by atoms with van der Waals surface area (Å²) in [5.41, 5.74) is 2.62. The number of amides is 1. The van der Waals surface area contributed by atoms with Crippen LogP contribution in [0.15, 0.2) is 58.2 Å². The standard InChI is InChI=1S/C19H18N4O4S/c1-13-6-3-4-7-15(13)11-22(2)17(24)12-28-19-21-20-18(27-19)14-8-5-9-16(10-14)23(25)26/h3-10H,11-12H2,1-2H3. The van der Waals surface area contributed by atoms with Gasteiger partial charge < -0.3 is 9.32 Å². The van der Waals surface area contributed by atoms with Crippen LogP contribution in [0.25, 0.3) is 11.5 Å². The summed E-state index contributed by atoms with van der Waals surface area (Å²) in [6, 6.07) is 13.9. The van der Waals surface area contributed by atoms with Gasteiger partial charge >= 0.3 is 0 Å². The smallest absolute Gasteiger partial charge is 0.277 e. The zero-order chi connectivity index (χ0) is 20.1. The summed E-state index contributed by atoms with van der Waals surface area (Å²) in [7, 11) is 1.75. The van der Waals surface area contributed by atoms with Crippen LogP contribution in [-0.4, -0.2) is 38.7 Å². The Balaban J connectivity index is 1.59. The van der Waals surface area contributed by atoms with Crippen molar-refractivity contribution >= 4 is 23.4 Å². The first-order valence-electron chi connectivity index (χ1n) is 8.43. The molecule has 0 spiro atoms. The first-order chi connectivity index (χ1) is 13.4. The van der Waals surface area contributed by atoms with Gasteiger partial charge in [-0.1, -0.05) is 42.1 Å². The van der Waals surface area contributed by atoms with Gasteiger partial charge in [0.1, 0.15) is 0 Å². The van der Waals surface area contributed by atoms with Crippen molar-refractivity contribution in [3.8, 4) is 11.5 Å². The first kappa shape index (κ1) is 19.6. The van der Waals surface area contributed by atoms with Crippen LogP contribution in [0.4, 0.5) is 5.69 Å². The molecule has 0 N–H and O–H groups in total. The fraction of sp³-hybridized carbons (Fsp3) is 0.211. The van der Waals surface area contributed by atoms with Crippen LogP contribution in [0.3, 0.4) is 0 Å². The van der Waals surface area contributed by atoms with E-state index in [-0.39, 0.29) is 28.5 Å². The lowest BCUT2D eigenvalue weighted by atomic mass is 10.1. The molecule has 1 amide bonds. The molecule has 0 aliphatic rings. The van der Waals surface area contributed by atoms with Crippen LogP contribution in [-0.2, 0) is 11.3 Å². The first-order valence-corrected chi connectivity index (χ1v) is 9.42. The van der Waals surface area contributed by atoms with Gasteiger partial charge in [-0.05, 0) is 24.1 Å². The second-order valence-corrected chi connectivity index (χ2v) is 7.07. The number of carbonyl (C=O) groups excluding carboxylic acids is 1. The van der Waals surface area contributed by atoms with Crippen molar-refractivity contribution in [1.82, 2.24) is 15.1 Å². The predicted octanol–water partition coefficient (Wildman–Crippen LogP) is 3.70. The molecule has 28 heavy (non-hydrogen) atoms. The molecule has 1 heterocycles. The molecule has 0 bridgehead atoms. The Morgan fingerprint density at radius 2 is 2.00 bits per heavy atom. The monoisotopic (exact) mass is 398 g/mol. The van der Waals surface area contributed by atoms with E-state index < -0.39 is 4.92 Å². The Kier molecular flexibility index (Phi) is 6.05. The zero-order valence-corrected chi connectivity index (χ0v) is 16.2. The van der Waals surface area contributed by atoms with Crippen molar-refractivity contribution in [2.45, 2.75) is 18.7 Å². The SMILES string of the molecule is Cc1ccccc1CN(C)C(=O)CSc1nnc(-c2cccc([N+](=O)[O-])c2)o1. The van der Waals surface area contributed by atoms with E-state index in [0.29, 0.717) is 12.1 Å². The van der Waals surface area contributed by atoms with Crippen molar-refractivity contribution in [3.63, 3.8) is 0 Å². The van der Waals surface area contributed by atoms with E-state index in [9.17, 15) is 14.9 Å². The minimum atomic E-state index is -0.488. The van der Waals surface area contributed by atoms with E-state index in [1.807, 2.05) is 31.2 Å². The van der Waals surface area contributed by atoms with E-state index >= 15 is 0 Å². The Morgan fingerprint density at radius 1 is 1.21 bits per heavy atom. The van der Waals surface area contributed by atoms with Gasteiger partial charge in [0.2, 0.25) is 11.8 Å². The van der Waals surface area contributed by atoms with Gasteiger partial charge in [-0.2, -0.15) is 0 Å². The molecular formula is C19H18N4O4S. The third-order valence-electron chi connectivity index (χ3n) is 4.12. The zero-order valence-electron chi connectivity index (χ0n) is 15.4. The number of carbonyl (C=O) groups is 1. The van der Waals surface area contributed by atoms with Gasteiger partial charge in [-0.15, -0.1) is 10.2 Å². The molecule has 0 radical (unpaired) electrons. The van der Waals surface area contributed by atoms with Gasteiger partial charge in [0.05, 0.1) is 10.7 Å². The number of rotatable bonds is 7. The number of nitro groups is 1. The van der Waals surface area contributed by atoms with Gasteiger partial charge in [-0.25, -0.2) is 0 Å². The summed E-state index contributed by atoms with van der Waals surface area (Å²) >= 11 is 1.13. The van der Waals surface area contributed by atoms with E-state index in [0.717, 1.165) is 22.9 Å². The number of thioether (sulfide) groups is 1. The van der Waals surface area contributed by atoms with Crippen molar-refractivity contribution in [3.05, 3.63) is 69.8 Å². The van der Waals surface area contributed by atoms with Crippen LogP contribution >= 0.6 is 11.8 Å². The van der Waals surface area contributed by atoms with Crippen LogP contribution in [0, 0.1) is 17.0 Å². The minimum Gasteiger partial charge on any atom is -0.411 e. The summed E-state index contributed by atoms with van der Waals surface area (Å²) in [6.45, 7) is 2.53. The lowest BCUT2D eigenvalue weighted by Gasteiger charge is -2.17. The van der Waals surface area contributed by atoms with E-state index in [4.69, 9.17) is 4.42 Å². The number of non-ortho nitro benzene ring substituents is 1. The number of aryl methyl sites for hydroxylation is 1. The van der Waals surface area contributed by atoms with Crippen LogP contribution in [0.2, 0.25) is 0 Å². The molecule has 0 aliphatic carbocycles. The largest absolute Gasteiger partial charge is 0.411 e. The van der Waals surface area contributed by atoms with E-state index in [2.05, 4.69) is 10.2 Å². The highest BCUT2D eigenvalue weighted by molar-refractivity contribution is 7.99. The predicted molar refractivity (Wildman–Crippen MR) is 105 cm³/mol. The van der Waals surface area contributed by atoms with Crippen molar-refractivity contribution in [2.24, 2.45) is 0 Å². The Bertz CT molecular complexity index is 1000. The van der Waals surface area contributed by atoms with Crippen LogP contribution in [0.1, 0.15) is 11.1 Å². The summed E-state index contributed by atoms with van der Waals surface area (Å²) < 4.78 is 5.52. The molecule has 0 unspecified atom stereocenters. The highest BCUT2D eigenvalue weighted by atomic mass is 32.2. The molecule has 3 rings (SSSR count). The molecule has 1 aromatic heterocycles. The second-order valence-electron chi connectivity index (χ2n) is 6.15. The Labute approximate surface area is 165 Å². The lowest BCUT2D eigenvalue weighted by molar-refractivity contribution is -0.384. The molecular weight excluding hydrogens is 380 g/mol. The molecule has 0 saturated carbocycles. The van der Waals surface area contributed by atoms with E-state index in [1.54, 1.807) is 24.1 Å². The maximum Gasteiger partial charge on any atom is 0.277 e. The minimum absolute atomic E-state index is 0.0575. The summed E-state index contributed by atoms with van der Waals surface area (Å²) in [6.07, 6.45) is 0. The highest BCUT2D eigenvalue weighted by Gasteiger charge is 2.16. The average Bonchev–Trinajstić information content (AvgIpc) is 3.17. The molecule has 144 valence electrons. The van der Waals surface area contributed by atoms with Gasteiger partial charge in [-0.3, -0.25) is 14.9 Å². The quantitative estimate of drug-likeness (QED) is 0.340. The second kappa shape index (κ2) is 8.66. The molecule has 3 aromatic rings. The maximum absolute atomic E-state index is 12.4. The fourth-order valence-corrected chi connectivity index (χ4v) is 3.21. The molecule has 0 aliphatic heterocycles. The fourth-order valence-electron chi connectivity index (χ4n) is 2.50. The maximum atomic E-state index is 12.4. The number of benzene rings is 2. The number of hydrogen-bond acceptors (Lipinski definition) is 7. The normalized spacial score (nSPS) is 10.6. The third kappa shape index (κ3) is 4.74. The average molecular weight is 398 g/mol. The third-order valence-corrected chi connectivity index (χ3v) is 4.93. The summed E-state index contributed by atoms with van der Waals surface area (Å²) in [5.74, 6) is 0.258. The van der Waals surface area contributed by atoms with Gasteiger partial charge in [0.15, 0.2) is 0 Å². The molecule has 0 fully saturated rings. The summed E-state index contributed by atoms with van der Waals surface area (Å²) in [5, 5.41) is 18.9. The Morgan fingerprint density at radius 3 is 2.75 bits per heavy atom. The Hall–Kier alpha value is -3.20. The number of nitrogens with zero attached hydrogens (tertiary/aromatic N) is 4. The van der Waals surface area contributed by atoms with Gasteiger partial charge in [0.25, 0.3) is 10.9 Å². The number of nitro benzene ring substituents is 1. The topological polar surface area (TPSA) is 102 Å². The van der Waals surface area contributed by atoms with Crippen LogP contribution in [0.5, 0.6) is 0 Å². The number of hydrogen-bond donors (Lipinski definition) is 0. The van der Waals surface area contributed by atoms with Gasteiger partial charge in [0, 0.05) is 31.3 Å². The molecule has 8 nitrogen and oxygen atoms in total. The van der Waals surface area contributed by atoms with Crippen molar-refractivity contribution < 1.29 is 14.1 Å². The highest BCUT2D eigenvalue weighted by Crippen LogP contribution is 2.26. The lowest BCUT2D eigenvalue weighted by Crippen LogP contribution is -2.28. The summed E-state index contributed by atoms with van der Waals surface area (Å²) in [4.78, 5) is 24.4. The molecule has 9 heteroatoms. The van der Waals surface area contributed by atoms with Crippen molar-refractivity contribution in [1.29, 1.82) is 0 Å². The van der Waals surface area contributed by atoms with Crippen molar-refractivity contribution in [2.75, 3.05) is 12.8 Å². The van der Waals surface area contributed by atoms with E-state index in [1.165, 1.54) is 12.1 Å². The molecule has 2 aromatic carbocycles.